The number of nitrogens with zero attached hydrogens (tertiary/aromatic N) is 1. The van der Waals surface area contributed by atoms with E-state index in [1.807, 2.05) is 18.7 Å². The summed E-state index contributed by atoms with van der Waals surface area (Å²) < 4.78 is 0. The number of nitrogens with one attached hydrogen (secondary N) is 1. The van der Waals surface area contributed by atoms with Gasteiger partial charge in [0.25, 0.3) is 0 Å². The molecule has 23 heavy (non-hydrogen) atoms. The molecule has 3 rings (SSSR count). The monoisotopic (exact) mass is 320 g/mol. The van der Waals surface area contributed by atoms with E-state index in [-0.39, 0.29) is 17.7 Å². The number of hydrogen-bond acceptors (Lipinski definition) is 3. The Morgan fingerprint density at radius 1 is 1.13 bits per heavy atom. The third kappa shape index (κ3) is 2.69. The van der Waals surface area contributed by atoms with Crippen LogP contribution in [0, 0.1) is 23.7 Å². The van der Waals surface area contributed by atoms with E-state index in [0.29, 0.717) is 0 Å². The normalized spacial score (nSPS) is 34.0. The highest BCUT2D eigenvalue weighted by Crippen LogP contribution is 2.57. The van der Waals surface area contributed by atoms with E-state index >= 15 is 0 Å². The van der Waals surface area contributed by atoms with E-state index in [4.69, 9.17) is 0 Å². The average Bonchev–Trinajstić information content (AvgIpc) is 3.10. The molecule has 0 aromatic carbocycles. The fourth-order valence-electron chi connectivity index (χ4n) is 5.18. The number of rotatable bonds is 3. The van der Waals surface area contributed by atoms with Crippen molar-refractivity contribution in [3.63, 3.8) is 0 Å². The molecule has 2 saturated carbocycles. The number of carbonyl (C=O) groups is 2. The van der Waals surface area contributed by atoms with E-state index in [1.54, 1.807) is 0 Å². The van der Waals surface area contributed by atoms with Crippen molar-refractivity contribution in [2.24, 2.45) is 23.7 Å². The Hall–Kier alpha value is -1.36. The molecule has 5 heteroatoms. The van der Waals surface area contributed by atoms with Gasteiger partial charge in [-0.15, -0.1) is 0 Å². The minimum absolute atomic E-state index is 0.0199. The van der Waals surface area contributed by atoms with Gasteiger partial charge in [0.15, 0.2) is 0 Å². The molecule has 1 amide bonds. The summed E-state index contributed by atoms with van der Waals surface area (Å²) in [6.07, 6.45) is 1.84. The fraction of sp³-hybridized carbons (Fsp3) is 0.778. The number of carboxylic acid groups (broad SMARTS) is 1. The van der Waals surface area contributed by atoms with Crippen LogP contribution in [0.15, 0.2) is 11.1 Å². The van der Waals surface area contributed by atoms with Gasteiger partial charge in [-0.3, -0.25) is 4.79 Å². The molecule has 0 aromatic heterocycles. The highest BCUT2D eigenvalue weighted by molar-refractivity contribution is 5.87. The maximum absolute atomic E-state index is 13.1. The van der Waals surface area contributed by atoms with Gasteiger partial charge >= 0.3 is 0 Å². The minimum atomic E-state index is -1.04. The summed E-state index contributed by atoms with van der Waals surface area (Å²) in [6.45, 7) is 10.8. The van der Waals surface area contributed by atoms with Crippen molar-refractivity contribution < 1.29 is 19.6 Å². The molecule has 3 fully saturated rings. The van der Waals surface area contributed by atoms with Crippen LogP contribution in [0.5, 0.6) is 0 Å². The Balaban J connectivity index is 1.82. The van der Waals surface area contributed by atoms with Crippen molar-refractivity contribution in [2.75, 3.05) is 32.7 Å². The number of piperazine rings is 1. The number of carbonyl (C=O) groups excluding carboxylic acids is 2. The summed E-state index contributed by atoms with van der Waals surface area (Å²) >= 11 is 0. The van der Waals surface area contributed by atoms with Gasteiger partial charge in [-0.1, -0.05) is 11.1 Å². The maximum atomic E-state index is 13.1. The van der Waals surface area contributed by atoms with E-state index < -0.39 is 17.8 Å². The highest BCUT2D eigenvalue weighted by Gasteiger charge is 2.55. The van der Waals surface area contributed by atoms with Gasteiger partial charge in [0, 0.05) is 11.9 Å². The lowest BCUT2D eigenvalue weighted by molar-refractivity contribution is -0.902. The molecule has 1 aliphatic heterocycles. The molecule has 3 aliphatic rings. The third-order valence-corrected chi connectivity index (χ3v) is 6.26. The maximum Gasteiger partial charge on any atom is 0.227 e. The Morgan fingerprint density at radius 2 is 1.70 bits per heavy atom. The van der Waals surface area contributed by atoms with E-state index in [0.717, 1.165) is 45.6 Å². The van der Waals surface area contributed by atoms with Crippen LogP contribution < -0.4 is 10.0 Å². The van der Waals surface area contributed by atoms with E-state index in [1.165, 1.54) is 16.0 Å². The number of amides is 1. The zero-order valence-corrected chi connectivity index (χ0v) is 14.4. The smallest absolute Gasteiger partial charge is 0.227 e. The molecule has 0 unspecified atom stereocenters. The lowest BCUT2D eigenvalue weighted by Crippen LogP contribution is -3.14. The van der Waals surface area contributed by atoms with Crippen LogP contribution >= 0.6 is 0 Å². The van der Waals surface area contributed by atoms with Gasteiger partial charge in [-0.2, -0.15) is 0 Å². The summed E-state index contributed by atoms with van der Waals surface area (Å²) in [5, 5.41) is 11.7. The molecule has 1 heterocycles. The Kier molecular flexibility index (Phi) is 4.50. The summed E-state index contributed by atoms with van der Waals surface area (Å²) in [7, 11) is 0. The molecule has 4 atom stereocenters. The predicted molar refractivity (Wildman–Crippen MR) is 84.4 cm³/mol. The predicted octanol–water partition coefficient (Wildman–Crippen LogP) is -0.908. The zero-order chi connectivity index (χ0) is 16.7. The number of hydrogen-bond donors (Lipinski definition) is 1. The molecule has 5 nitrogen and oxygen atoms in total. The molecule has 0 spiro atoms. The van der Waals surface area contributed by atoms with Crippen LogP contribution in [0.25, 0.3) is 0 Å². The van der Waals surface area contributed by atoms with Gasteiger partial charge in [0.05, 0.1) is 38.6 Å². The number of quaternary nitrogens is 1. The second kappa shape index (κ2) is 6.27. The molecule has 128 valence electrons. The first-order valence-corrected chi connectivity index (χ1v) is 8.96. The lowest BCUT2D eigenvalue weighted by atomic mass is 9.78. The first kappa shape index (κ1) is 16.5. The number of fused-ring (bicyclic) bond motifs is 2. The number of aliphatic carboxylic acids is 1. The van der Waals surface area contributed by atoms with Gasteiger partial charge in [-0.25, -0.2) is 0 Å². The highest BCUT2D eigenvalue weighted by atomic mass is 16.4. The topological polar surface area (TPSA) is 64.9 Å². The molecule has 1 saturated heterocycles. The first-order chi connectivity index (χ1) is 11.0. The van der Waals surface area contributed by atoms with E-state index in [9.17, 15) is 14.7 Å². The lowest BCUT2D eigenvalue weighted by Gasteiger charge is -2.37. The van der Waals surface area contributed by atoms with E-state index in [2.05, 4.69) is 6.92 Å². The standard InChI is InChI=1S/C18H28N2O3/c1-4-19-7-9-20(10-8-19)17(21)15-12-5-6-13(14(12)11(2)3)16(15)18(22)23/h12-13,15-16H,4-10H2,1-3H3,(H,22,23)/t12-,13-,15+,16-/m0/s1. The van der Waals surface area contributed by atoms with Crippen molar-refractivity contribution >= 4 is 11.9 Å². The van der Waals surface area contributed by atoms with Crippen LogP contribution in [0.1, 0.15) is 33.6 Å². The Morgan fingerprint density at radius 3 is 2.17 bits per heavy atom. The quantitative estimate of drug-likeness (QED) is 0.685. The second-order valence-corrected chi connectivity index (χ2v) is 7.55. The van der Waals surface area contributed by atoms with Gasteiger partial charge < -0.3 is 19.7 Å². The summed E-state index contributed by atoms with van der Waals surface area (Å²) in [5.74, 6) is -1.86. The average molecular weight is 320 g/mol. The summed E-state index contributed by atoms with van der Waals surface area (Å²) in [6, 6.07) is 0. The Labute approximate surface area is 138 Å². The van der Waals surface area contributed by atoms with Crippen LogP contribution in [-0.2, 0) is 9.59 Å². The fourth-order valence-corrected chi connectivity index (χ4v) is 5.18. The zero-order valence-electron chi connectivity index (χ0n) is 14.4. The molecule has 0 radical (unpaired) electrons. The SMILES string of the molecule is CC[NH+]1CCN(C(=O)[C@H]2[C@@H](C(=O)[O-])[C@H]3CC[C@H]2C3=C(C)C)CC1. The summed E-state index contributed by atoms with van der Waals surface area (Å²) in [4.78, 5) is 28.2. The van der Waals surface area contributed by atoms with Gasteiger partial charge in [-0.05, 0) is 45.4 Å². The van der Waals surface area contributed by atoms with Crippen LogP contribution in [0.4, 0.5) is 0 Å². The largest absolute Gasteiger partial charge is 0.550 e. The van der Waals surface area contributed by atoms with Crippen molar-refractivity contribution in [1.82, 2.24) is 4.90 Å². The number of likely N-dealkylation sites (N-methyl/N-ethyl adjacent to an activating group) is 1. The number of carboxylic acids is 1. The first-order valence-electron chi connectivity index (χ1n) is 8.96. The molecule has 2 bridgehead atoms. The van der Waals surface area contributed by atoms with Crippen LogP contribution in [-0.4, -0.2) is 49.5 Å². The molecular formula is C18H28N2O3. The molecule has 2 aliphatic carbocycles. The number of allylic oxidation sites excluding steroid dienone is 2. The minimum Gasteiger partial charge on any atom is -0.550 e. The molecule has 1 N–H and O–H groups in total. The van der Waals surface area contributed by atoms with Crippen LogP contribution in [0.2, 0.25) is 0 Å². The van der Waals surface area contributed by atoms with Gasteiger partial charge in [0.1, 0.15) is 0 Å². The van der Waals surface area contributed by atoms with Crippen molar-refractivity contribution in [1.29, 1.82) is 0 Å². The van der Waals surface area contributed by atoms with Crippen molar-refractivity contribution in [3.8, 4) is 0 Å². The second-order valence-electron chi connectivity index (χ2n) is 7.55. The molecule has 0 aromatic rings. The van der Waals surface area contributed by atoms with Crippen molar-refractivity contribution in [3.05, 3.63) is 11.1 Å². The summed E-state index contributed by atoms with van der Waals surface area (Å²) in [5.41, 5.74) is 2.43. The van der Waals surface area contributed by atoms with Crippen LogP contribution in [0.3, 0.4) is 0 Å². The van der Waals surface area contributed by atoms with Crippen molar-refractivity contribution in [2.45, 2.75) is 33.6 Å². The van der Waals surface area contributed by atoms with Gasteiger partial charge in [0.2, 0.25) is 5.91 Å². The third-order valence-electron chi connectivity index (χ3n) is 6.26. The molecular weight excluding hydrogens is 292 g/mol. The Bertz CT molecular complexity index is 530.